The van der Waals surface area contributed by atoms with Gasteiger partial charge in [0.2, 0.25) is 5.91 Å². The monoisotopic (exact) mass is 478 g/mol. The van der Waals surface area contributed by atoms with E-state index in [0.717, 1.165) is 26.9 Å². The van der Waals surface area contributed by atoms with Crippen LogP contribution in [0.5, 0.6) is 0 Å². The van der Waals surface area contributed by atoms with Crippen LogP contribution in [0.15, 0.2) is 82.7 Å². The largest absolute Gasteiger partial charge is 0.325 e. The van der Waals surface area contributed by atoms with E-state index in [1.807, 2.05) is 77.5 Å². The first-order valence-electron chi connectivity index (χ1n) is 9.14. The average Bonchev–Trinajstić information content (AvgIpc) is 3.38. The lowest BCUT2D eigenvalue weighted by atomic mass is 10.1. The fraction of sp³-hybridized carbons (Fsp3) is 0.0476. The summed E-state index contributed by atoms with van der Waals surface area (Å²) in [5, 5.41) is 16.7. The maximum absolute atomic E-state index is 12.3. The van der Waals surface area contributed by atoms with Crippen LogP contribution in [0.3, 0.4) is 0 Å². The quantitative estimate of drug-likeness (QED) is 0.375. The van der Waals surface area contributed by atoms with Crippen molar-refractivity contribution >= 4 is 50.5 Å². The highest BCUT2D eigenvalue weighted by atomic mass is 79.9. The number of hydrogen-bond donors (Lipinski definition) is 1. The van der Waals surface area contributed by atoms with E-state index < -0.39 is 0 Å². The van der Waals surface area contributed by atoms with Crippen LogP contribution in [0.2, 0.25) is 0 Å². The SMILES string of the molecule is O=C(CSc1nnc2c3cc(-c4ccccc4)nn3ccn12)Nc1ccc(Br)cc1. The summed E-state index contributed by atoms with van der Waals surface area (Å²) in [5.74, 6) is 0.132. The minimum absolute atomic E-state index is 0.101. The zero-order valence-corrected chi connectivity index (χ0v) is 18.0. The fourth-order valence-electron chi connectivity index (χ4n) is 3.10. The molecular weight excluding hydrogens is 464 g/mol. The molecule has 0 aliphatic carbocycles. The molecule has 30 heavy (non-hydrogen) atoms. The highest BCUT2D eigenvalue weighted by Crippen LogP contribution is 2.24. The third kappa shape index (κ3) is 3.69. The number of benzene rings is 2. The van der Waals surface area contributed by atoms with Crippen molar-refractivity contribution in [3.05, 3.63) is 77.5 Å². The van der Waals surface area contributed by atoms with Crippen molar-refractivity contribution < 1.29 is 4.79 Å². The molecular formula is C21H15BrN6OS. The summed E-state index contributed by atoms with van der Waals surface area (Å²) in [6, 6.07) is 19.5. The fourth-order valence-corrected chi connectivity index (χ4v) is 4.08. The second kappa shape index (κ2) is 7.92. The molecule has 1 amide bonds. The number of amides is 1. The lowest BCUT2D eigenvalue weighted by Crippen LogP contribution is -2.14. The van der Waals surface area contributed by atoms with Gasteiger partial charge in [0.05, 0.1) is 11.4 Å². The summed E-state index contributed by atoms with van der Waals surface area (Å²) in [7, 11) is 0. The molecule has 0 bridgehead atoms. The average molecular weight is 479 g/mol. The smallest absolute Gasteiger partial charge is 0.234 e. The van der Waals surface area contributed by atoms with E-state index in [2.05, 4.69) is 36.5 Å². The number of aromatic nitrogens is 5. The molecule has 5 rings (SSSR count). The highest BCUT2D eigenvalue weighted by Gasteiger charge is 2.14. The summed E-state index contributed by atoms with van der Waals surface area (Å²) in [6.07, 6.45) is 3.73. The maximum Gasteiger partial charge on any atom is 0.234 e. The van der Waals surface area contributed by atoms with E-state index in [4.69, 9.17) is 0 Å². The molecule has 0 unspecified atom stereocenters. The van der Waals surface area contributed by atoms with Crippen LogP contribution in [-0.2, 0) is 4.79 Å². The molecule has 0 radical (unpaired) electrons. The Morgan fingerprint density at radius 1 is 1.03 bits per heavy atom. The zero-order chi connectivity index (χ0) is 20.5. The molecule has 0 saturated heterocycles. The van der Waals surface area contributed by atoms with Gasteiger partial charge in [-0.15, -0.1) is 10.2 Å². The molecule has 2 aromatic carbocycles. The molecule has 0 fully saturated rings. The Bertz CT molecular complexity index is 1350. The number of halogens is 1. The van der Waals surface area contributed by atoms with Crippen molar-refractivity contribution in [1.29, 1.82) is 0 Å². The molecule has 9 heteroatoms. The first kappa shape index (κ1) is 18.8. The van der Waals surface area contributed by atoms with Crippen molar-refractivity contribution in [2.24, 2.45) is 0 Å². The number of rotatable bonds is 5. The third-order valence-electron chi connectivity index (χ3n) is 4.52. The molecule has 0 aliphatic heterocycles. The Kier molecular flexibility index (Phi) is 4.97. The van der Waals surface area contributed by atoms with Crippen molar-refractivity contribution in [3.8, 4) is 11.3 Å². The predicted molar refractivity (Wildman–Crippen MR) is 121 cm³/mol. The molecule has 0 atom stereocenters. The minimum Gasteiger partial charge on any atom is -0.325 e. The second-order valence-corrected chi connectivity index (χ2v) is 8.40. The van der Waals surface area contributed by atoms with Crippen molar-refractivity contribution in [2.45, 2.75) is 5.16 Å². The van der Waals surface area contributed by atoms with Crippen LogP contribution < -0.4 is 5.32 Å². The van der Waals surface area contributed by atoms with Gasteiger partial charge in [-0.05, 0) is 30.3 Å². The first-order chi connectivity index (χ1) is 14.7. The van der Waals surface area contributed by atoms with Gasteiger partial charge in [-0.1, -0.05) is 58.0 Å². The van der Waals surface area contributed by atoms with Crippen LogP contribution in [0.1, 0.15) is 0 Å². The maximum atomic E-state index is 12.3. The van der Waals surface area contributed by atoms with Crippen LogP contribution in [0.4, 0.5) is 5.69 Å². The molecule has 5 aromatic rings. The van der Waals surface area contributed by atoms with Gasteiger partial charge in [-0.3, -0.25) is 9.20 Å². The van der Waals surface area contributed by atoms with Crippen LogP contribution >= 0.6 is 27.7 Å². The van der Waals surface area contributed by atoms with Gasteiger partial charge in [0.25, 0.3) is 0 Å². The van der Waals surface area contributed by atoms with Gasteiger partial charge < -0.3 is 5.32 Å². The predicted octanol–water partition coefficient (Wildman–Crippen LogP) is 4.54. The standard InChI is InChI=1S/C21H15BrN6OS/c22-15-6-8-16(9-7-15)23-19(29)13-30-21-25-24-20-18-12-17(14-4-2-1-3-5-14)26-28(18)11-10-27(20)21/h1-12H,13H2,(H,23,29). The summed E-state index contributed by atoms with van der Waals surface area (Å²) in [6.45, 7) is 0. The number of fused-ring (bicyclic) bond motifs is 3. The number of carbonyl (C=O) groups is 1. The van der Waals surface area contributed by atoms with E-state index in [9.17, 15) is 4.79 Å². The molecule has 1 N–H and O–H groups in total. The van der Waals surface area contributed by atoms with Gasteiger partial charge in [-0.2, -0.15) is 5.10 Å². The topological polar surface area (TPSA) is 76.6 Å². The van der Waals surface area contributed by atoms with Gasteiger partial charge in [0.1, 0.15) is 5.52 Å². The molecule has 0 saturated carbocycles. The Morgan fingerprint density at radius 3 is 2.63 bits per heavy atom. The van der Waals surface area contributed by atoms with E-state index in [-0.39, 0.29) is 11.7 Å². The van der Waals surface area contributed by atoms with Crippen molar-refractivity contribution in [1.82, 2.24) is 24.2 Å². The van der Waals surface area contributed by atoms with Gasteiger partial charge in [-0.25, -0.2) is 4.52 Å². The number of thioether (sulfide) groups is 1. The van der Waals surface area contributed by atoms with Crippen molar-refractivity contribution in [3.63, 3.8) is 0 Å². The number of nitrogens with zero attached hydrogens (tertiary/aromatic N) is 5. The Morgan fingerprint density at radius 2 is 1.83 bits per heavy atom. The Hall–Kier alpha value is -3.17. The number of hydrogen-bond acceptors (Lipinski definition) is 5. The van der Waals surface area contributed by atoms with Crippen LogP contribution in [-0.4, -0.2) is 35.9 Å². The normalized spacial score (nSPS) is 11.2. The number of carbonyl (C=O) groups excluding carboxylic acids is 1. The van der Waals surface area contributed by atoms with Gasteiger partial charge >= 0.3 is 0 Å². The van der Waals surface area contributed by atoms with E-state index >= 15 is 0 Å². The number of nitrogens with one attached hydrogen (secondary N) is 1. The molecule has 0 aliphatic rings. The molecule has 3 heterocycles. The summed E-state index contributed by atoms with van der Waals surface area (Å²) >= 11 is 4.72. The Balaban J connectivity index is 1.36. The highest BCUT2D eigenvalue weighted by molar-refractivity contribution is 9.10. The summed E-state index contributed by atoms with van der Waals surface area (Å²) in [4.78, 5) is 12.3. The second-order valence-electron chi connectivity index (χ2n) is 6.54. The summed E-state index contributed by atoms with van der Waals surface area (Å²) < 4.78 is 4.64. The number of anilines is 1. The molecule has 148 valence electrons. The Labute approximate surface area is 184 Å². The summed E-state index contributed by atoms with van der Waals surface area (Å²) in [5.41, 5.74) is 4.22. The zero-order valence-electron chi connectivity index (χ0n) is 15.6. The van der Waals surface area contributed by atoms with E-state index in [1.54, 1.807) is 4.52 Å². The van der Waals surface area contributed by atoms with E-state index in [1.165, 1.54) is 11.8 Å². The van der Waals surface area contributed by atoms with Gasteiger partial charge in [0, 0.05) is 28.1 Å². The minimum atomic E-state index is -0.101. The first-order valence-corrected chi connectivity index (χ1v) is 10.9. The van der Waals surface area contributed by atoms with Crippen molar-refractivity contribution in [2.75, 3.05) is 11.1 Å². The van der Waals surface area contributed by atoms with E-state index in [0.29, 0.717) is 10.8 Å². The third-order valence-corrected chi connectivity index (χ3v) is 5.99. The lowest BCUT2D eigenvalue weighted by molar-refractivity contribution is -0.113. The van der Waals surface area contributed by atoms with Crippen LogP contribution in [0, 0.1) is 0 Å². The van der Waals surface area contributed by atoms with Gasteiger partial charge in [0.15, 0.2) is 10.8 Å². The molecule has 7 nitrogen and oxygen atoms in total. The lowest BCUT2D eigenvalue weighted by Gasteiger charge is -2.04. The molecule has 3 aromatic heterocycles. The molecule has 0 spiro atoms. The van der Waals surface area contributed by atoms with Crippen LogP contribution in [0.25, 0.3) is 22.4 Å².